The average Bonchev–Trinajstić information content (AvgIpc) is 2.38. The third-order valence-corrected chi connectivity index (χ3v) is 4.20. The highest BCUT2D eigenvalue weighted by Gasteiger charge is 2.35. The van der Waals surface area contributed by atoms with Gasteiger partial charge in [-0.25, -0.2) is 0 Å². The molecule has 0 bridgehead atoms. The third-order valence-electron chi connectivity index (χ3n) is 3.77. The lowest BCUT2D eigenvalue weighted by Gasteiger charge is -2.46. The number of hydrogen-bond acceptors (Lipinski definition) is 4. The Labute approximate surface area is 121 Å². The number of hydrogen-bond donors (Lipinski definition) is 1. The molecule has 0 unspecified atom stereocenters. The fourth-order valence-electron chi connectivity index (χ4n) is 2.61. The molecule has 0 aromatic carbocycles. The minimum Gasteiger partial charge on any atom is -0.335 e. The first-order valence-corrected chi connectivity index (χ1v) is 7.38. The highest BCUT2D eigenvalue weighted by Crippen LogP contribution is 2.19. The first-order valence-electron chi connectivity index (χ1n) is 6.58. The zero-order valence-corrected chi connectivity index (χ0v) is 12.3. The van der Waals surface area contributed by atoms with Crippen LogP contribution in [-0.2, 0) is 0 Å². The number of nitrogens with zero attached hydrogens (tertiary/aromatic N) is 3. The van der Waals surface area contributed by atoms with Crippen LogP contribution in [0.5, 0.6) is 0 Å². The van der Waals surface area contributed by atoms with Crippen LogP contribution in [0.4, 0.5) is 0 Å². The van der Waals surface area contributed by atoms with Gasteiger partial charge in [0.2, 0.25) is 0 Å². The summed E-state index contributed by atoms with van der Waals surface area (Å²) >= 11 is 3.35. The Balaban J connectivity index is 1.56. The van der Waals surface area contributed by atoms with E-state index in [0.29, 0.717) is 11.6 Å². The van der Waals surface area contributed by atoms with E-state index in [4.69, 9.17) is 0 Å². The van der Waals surface area contributed by atoms with Gasteiger partial charge in [0.15, 0.2) is 0 Å². The van der Waals surface area contributed by atoms with Crippen molar-refractivity contribution in [1.29, 1.82) is 0 Å². The van der Waals surface area contributed by atoms with Gasteiger partial charge in [-0.05, 0) is 22.0 Å². The van der Waals surface area contributed by atoms with Gasteiger partial charge in [0, 0.05) is 62.2 Å². The maximum Gasteiger partial charge on any atom is 0.255 e. The largest absolute Gasteiger partial charge is 0.335 e. The van der Waals surface area contributed by atoms with Crippen LogP contribution in [0.2, 0.25) is 0 Å². The molecule has 1 amide bonds. The SMILES string of the molecule is O=C(c1cncc(Br)c1)N1CC(N2CCNCC2)C1. The molecule has 3 rings (SSSR count). The molecule has 0 saturated carbocycles. The van der Waals surface area contributed by atoms with Crippen molar-refractivity contribution >= 4 is 21.8 Å². The van der Waals surface area contributed by atoms with Gasteiger partial charge < -0.3 is 10.2 Å². The summed E-state index contributed by atoms with van der Waals surface area (Å²) in [4.78, 5) is 20.7. The van der Waals surface area contributed by atoms with Gasteiger partial charge in [-0.15, -0.1) is 0 Å². The van der Waals surface area contributed by atoms with Crippen molar-refractivity contribution < 1.29 is 4.79 Å². The molecule has 2 saturated heterocycles. The number of amides is 1. The molecule has 6 heteroatoms. The molecular formula is C13H17BrN4O. The normalized spacial score (nSPS) is 21.2. The molecule has 2 fully saturated rings. The van der Waals surface area contributed by atoms with E-state index in [9.17, 15) is 4.79 Å². The van der Waals surface area contributed by atoms with Crippen molar-refractivity contribution in [2.75, 3.05) is 39.3 Å². The molecule has 0 radical (unpaired) electrons. The zero-order valence-electron chi connectivity index (χ0n) is 10.7. The predicted octanol–water partition coefficient (Wildman–Crippen LogP) is 0.574. The molecule has 1 aromatic rings. The summed E-state index contributed by atoms with van der Waals surface area (Å²) in [5, 5.41) is 3.35. The van der Waals surface area contributed by atoms with Crippen LogP contribution >= 0.6 is 15.9 Å². The van der Waals surface area contributed by atoms with E-state index in [0.717, 1.165) is 43.7 Å². The molecule has 0 spiro atoms. The fraction of sp³-hybridized carbons (Fsp3) is 0.538. The molecule has 2 aliphatic heterocycles. The van der Waals surface area contributed by atoms with Crippen molar-refractivity contribution in [1.82, 2.24) is 20.1 Å². The molecule has 0 atom stereocenters. The molecule has 1 N–H and O–H groups in total. The van der Waals surface area contributed by atoms with Gasteiger partial charge in [-0.2, -0.15) is 0 Å². The van der Waals surface area contributed by atoms with Crippen LogP contribution < -0.4 is 5.32 Å². The number of piperazine rings is 1. The van der Waals surface area contributed by atoms with Crippen LogP contribution in [0.25, 0.3) is 0 Å². The molecule has 19 heavy (non-hydrogen) atoms. The summed E-state index contributed by atoms with van der Waals surface area (Å²) < 4.78 is 0.845. The van der Waals surface area contributed by atoms with Crippen molar-refractivity contribution in [3.05, 3.63) is 28.5 Å². The van der Waals surface area contributed by atoms with E-state index in [-0.39, 0.29) is 5.91 Å². The maximum absolute atomic E-state index is 12.2. The van der Waals surface area contributed by atoms with E-state index in [1.54, 1.807) is 12.4 Å². The van der Waals surface area contributed by atoms with Crippen molar-refractivity contribution in [2.45, 2.75) is 6.04 Å². The second-order valence-corrected chi connectivity index (χ2v) is 5.96. The lowest BCUT2D eigenvalue weighted by molar-refractivity contribution is 0.0227. The van der Waals surface area contributed by atoms with Gasteiger partial charge in [-0.3, -0.25) is 14.7 Å². The maximum atomic E-state index is 12.2. The van der Waals surface area contributed by atoms with Crippen molar-refractivity contribution in [2.24, 2.45) is 0 Å². The molecule has 2 aliphatic rings. The molecule has 102 valence electrons. The summed E-state index contributed by atoms with van der Waals surface area (Å²) in [5.41, 5.74) is 0.660. The summed E-state index contributed by atoms with van der Waals surface area (Å²) in [6.07, 6.45) is 3.32. The van der Waals surface area contributed by atoms with E-state index < -0.39 is 0 Å². The van der Waals surface area contributed by atoms with Gasteiger partial charge in [-0.1, -0.05) is 0 Å². The van der Waals surface area contributed by atoms with Gasteiger partial charge in [0.1, 0.15) is 0 Å². The highest BCUT2D eigenvalue weighted by molar-refractivity contribution is 9.10. The summed E-state index contributed by atoms with van der Waals surface area (Å²) in [7, 11) is 0. The van der Waals surface area contributed by atoms with Crippen LogP contribution in [-0.4, -0.2) is 66.0 Å². The lowest BCUT2D eigenvalue weighted by Crippen LogP contribution is -2.63. The Morgan fingerprint density at radius 2 is 2.05 bits per heavy atom. The monoisotopic (exact) mass is 324 g/mol. The summed E-state index contributed by atoms with van der Waals surface area (Å²) in [5.74, 6) is 0.0835. The Morgan fingerprint density at radius 1 is 1.32 bits per heavy atom. The average molecular weight is 325 g/mol. The number of halogens is 1. The first kappa shape index (κ1) is 13.0. The van der Waals surface area contributed by atoms with Gasteiger partial charge >= 0.3 is 0 Å². The number of rotatable bonds is 2. The molecule has 3 heterocycles. The Bertz CT molecular complexity index is 469. The molecule has 5 nitrogen and oxygen atoms in total. The molecule has 0 aliphatic carbocycles. The third kappa shape index (κ3) is 2.80. The van der Waals surface area contributed by atoms with Crippen molar-refractivity contribution in [3.8, 4) is 0 Å². The van der Waals surface area contributed by atoms with Crippen molar-refractivity contribution in [3.63, 3.8) is 0 Å². The minimum absolute atomic E-state index is 0.0835. The van der Waals surface area contributed by atoms with E-state index in [1.807, 2.05) is 11.0 Å². The smallest absolute Gasteiger partial charge is 0.255 e. The summed E-state index contributed by atoms with van der Waals surface area (Å²) in [6.45, 7) is 5.97. The van der Waals surface area contributed by atoms with Crippen LogP contribution in [0.15, 0.2) is 22.9 Å². The Hall–Kier alpha value is -0.980. The van der Waals surface area contributed by atoms with E-state index >= 15 is 0 Å². The van der Waals surface area contributed by atoms with Gasteiger partial charge in [0.05, 0.1) is 5.56 Å². The summed E-state index contributed by atoms with van der Waals surface area (Å²) in [6, 6.07) is 2.36. The molecular weight excluding hydrogens is 308 g/mol. The topological polar surface area (TPSA) is 48.5 Å². The lowest BCUT2D eigenvalue weighted by atomic mass is 10.0. The Kier molecular flexibility index (Phi) is 3.81. The Morgan fingerprint density at radius 3 is 2.74 bits per heavy atom. The van der Waals surface area contributed by atoms with E-state index in [1.165, 1.54) is 0 Å². The first-order chi connectivity index (χ1) is 9.24. The number of nitrogens with one attached hydrogen (secondary N) is 1. The number of aromatic nitrogens is 1. The minimum atomic E-state index is 0.0835. The van der Waals surface area contributed by atoms with Gasteiger partial charge in [0.25, 0.3) is 5.91 Å². The quantitative estimate of drug-likeness (QED) is 0.864. The number of carbonyl (C=O) groups is 1. The van der Waals surface area contributed by atoms with E-state index in [2.05, 4.69) is 31.1 Å². The number of pyridine rings is 1. The van der Waals surface area contributed by atoms with Crippen LogP contribution in [0.1, 0.15) is 10.4 Å². The fourth-order valence-corrected chi connectivity index (χ4v) is 2.98. The second-order valence-electron chi connectivity index (χ2n) is 5.04. The molecule has 1 aromatic heterocycles. The van der Waals surface area contributed by atoms with Crippen LogP contribution in [0.3, 0.4) is 0 Å². The zero-order chi connectivity index (χ0) is 13.2. The highest BCUT2D eigenvalue weighted by atomic mass is 79.9. The number of likely N-dealkylation sites (tertiary alicyclic amines) is 1. The standard InChI is InChI=1S/C13H17BrN4O/c14-11-5-10(6-16-7-11)13(19)18-8-12(9-18)17-3-1-15-2-4-17/h5-7,12,15H,1-4,8-9H2. The predicted molar refractivity (Wildman–Crippen MR) is 76.1 cm³/mol. The number of carbonyl (C=O) groups excluding carboxylic acids is 1. The second kappa shape index (κ2) is 5.56. The van der Waals surface area contributed by atoms with Crippen LogP contribution in [0, 0.1) is 0 Å².